The summed E-state index contributed by atoms with van der Waals surface area (Å²) in [5, 5.41) is 7.47. The molecule has 0 heterocycles. The summed E-state index contributed by atoms with van der Waals surface area (Å²) in [6, 6.07) is 0. The minimum Gasteiger partial charge on any atom is -0.377 e. The molecule has 0 spiro atoms. The second kappa shape index (κ2) is 3.48. The lowest BCUT2D eigenvalue weighted by Crippen LogP contribution is -2.41. The third-order valence-electron chi connectivity index (χ3n) is 0.620. The molecule has 0 saturated carbocycles. The summed E-state index contributed by atoms with van der Waals surface area (Å²) in [6.07, 6.45) is -15.5. The van der Waals surface area contributed by atoms with Crippen molar-refractivity contribution >= 4 is 12.4 Å². The normalized spacial score (nSPS) is 13.1. The van der Waals surface area contributed by atoms with E-state index in [1.54, 1.807) is 0 Å². The summed E-state index contributed by atoms with van der Waals surface area (Å²) in [5.41, 5.74) is 0. The molecule has 8 heteroatoms. The number of halogens is 7. The Morgan fingerprint density at radius 3 is 1.00 bits per heavy atom. The number of rotatable bonds is 0. The lowest BCUT2D eigenvalue weighted by molar-refractivity contribution is -0.308. The fourth-order valence-corrected chi connectivity index (χ4v) is 0.186. The van der Waals surface area contributed by atoms with Gasteiger partial charge in [0.15, 0.2) is 0 Å². The first-order chi connectivity index (χ1) is 4.15. The molecule has 0 aliphatic carbocycles. The van der Waals surface area contributed by atoms with Gasteiger partial charge in [-0.25, -0.2) is 0 Å². The highest BCUT2D eigenvalue weighted by atomic mass is 35.5. The number of hydrogen-bond donors (Lipinski definition) is 1. The van der Waals surface area contributed by atoms with Gasteiger partial charge in [-0.2, -0.15) is 26.3 Å². The molecule has 1 N–H and O–H groups in total. The molecule has 0 rings (SSSR count). The Morgan fingerprint density at radius 1 is 0.818 bits per heavy atom. The van der Waals surface area contributed by atoms with Crippen LogP contribution in [0.1, 0.15) is 0 Å². The van der Waals surface area contributed by atoms with Gasteiger partial charge in [0, 0.05) is 0 Å². The van der Waals surface area contributed by atoms with Crippen LogP contribution in [0.3, 0.4) is 0 Å². The Bertz CT molecular complexity index is 102. The van der Waals surface area contributed by atoms with Crippen molar-refractivity contribution in [2.45, 2.75) is 18.5 Å². The molecule has 0 unspecified atom stereocenters. The first-order valence-corrected chi connectivity index (χ1v) is 1.97. The highest BCUT2D eigenvalue weighted by molar-refractivity contribution is 5.85. The summed E-state index contributed by atoms with van der Waals surface area (Å²) in [5.74, 6) is 0. The fraction of sp³-hybridized carbons (Fsp3) is 1.00. The second-order valence-electron chi connectivity index (χ2n) is 1.49. The first-order valence-electron chi connectivity index (χ1n) is 1.97. The van der Waals surface area contributed by atoms with E-state index in [9.17, 15) is 26.3 Å². The zero-order valence-electron chi connectivity index (χ0n) is 4.70. The molecule has 0 bridgehead atoms. The zero-order chi connectivity index (χ0) is 8.58. The summed E-state index contributed by atoms with van der Waals surface area (Å²) in [7, 11) is 0. The van der Waals surface area contributed by atoms with Gasteiger partial charge >= 0.3 is 12.4 Å². The van der Waals surface area contributed by atoms with Gasteiger partial charge in [-0.15, -0.1) is 12.4 Å². The predicted molar refractivity (Wildman–Crippen MR) is 25.4 cm³/mol. The van der Waals surface area contributed by atoms with Crippen LogP contribution in [0.2, 0.25) is 0 Å². The van der Waals surface area contributed by atoms with Crippen molar-refractivity contribution in [3.63, 3.8) is 0 Å². The van der Waals surface area contributed by atoms with Crippen LogP contribution in [0, 0.1) is 0 Å². The van der Waals surface area contributed by atoms with Crippen molar-refractivity contribution in [2.75, 3.05) is 0 Å². The monoisotopic (exact) mass is 204 g/mol. The summed E-state index contributed by atoms with van der Waals surface area (Å²) in [4.78, 5) is 0. The van der Waals surface area contributed by atoms with Crippen LogP contribution in [0.25, 0.3) is 0 Å². The molecule has 0 aromatic carbocycles. The average molecular weight is 204 g/mol. The lowest BCUT2D eigenvalue weighted by Gasteiger charge is -2.16. The van der Waals surface area contributed by atoms with Gasteiger partial charge in [-0.05, 0) is 0 Å². The van der Waals surface area contributed by atoms with Crippen molar-refractivity contribution in [1.29, 1.82) is 0 Å². The number of alkyl halides is 6. The molecule has 0 saturated heterocycles. The van der Waals surface area contributed by atoms with E-state index < -0.39 is 18.5 Å². The smallest absolute Gasteiger partial charge is 0.377 e. The van der Waals surface area contributed by atoms with E-state index in [1.165, 1.54) is 0 Å². The van der Waals surface area contributed by atoms with Crippen LogP contribution in [0.15, 0.2) is 0 Å². The van der Waals surface area contributed by atoms with Crippen LogP contribution in [0.4, 0.5) is 26.3 Å². The minimum absolute atomic E-state index is 0. The first kappa shape index (κ1) is 13.4. The second-order valence-corrected chi connectivity index (χ2v) is 1.49. The van der Waals surface area contributed by atoms with Gasteiger partial charge in [-0.3, -0.25) is 0 Å². The molecular weight excluding hydrogens is 201 g/mol. The molecule has 0 aromatic heterocycles. The quantitative estimate of drug-likeness (QED) is 0.598. The van der Waals surface area contributed by atoms with Gasteiger partial charge in [0.2, 0.25) is 6.10 Å². The topological polar surface area (TPSA) is 20.2 Å². The third kappa shape index (κ3) is 4.31. The van der Waals surface area contributed by atoms with E-state index in [0.717, 1.165) is 0 Å². The molecule has 0 amide bonds. The Balaban J connectivity index is 0. The average Bonchev–Trinajstić information content (AvgIpc) is 1.59. The molecule has 11 heavy (non-hydrogen) atoms. The van der Waals surface area contributed by atoms with Crippen LogP contribution < -0.4 is 0 Å². The number of aliphatic hydroxyl groups is 1. The molecule has 0 aromatic rings. The van der Waals surface area contributed by atoms with Crippen LogP contribution in [-0.2, 0) is 0 Å². The Morgan fingerprint density at radius 2 is 1.00 bits per heavy atom. The van der Waals surface area contributed by atoms with E-state index in [4.69, 9.17) is 5.11 Å². The number of hydrogen-bond acceptors (Lipinski definition) is 1. The fourth-order valence-electron chi connectivity index (χ4n) is 0.186. The highest BCUT2D eigenvalue weighted by Crippen LogP contribution is 2.32. The molecule has 0 aliphatic heterocycles. The van der Waals surface area contributed by atoms with E-state index in [2.05, 4.69) is 0 Å². The Hall–Kier alpha value is -0.170. The molecule has 0 aliphatic rings. The predicted octanol–water partition coefficient (Wildman–Crippen LogP) is 1.89. The maximum atomic E-state index is 11.0. The number of aliphatic hydroxyl groups excluding tert-OH is 1. The van der Waals surface area contributed by atoms with Crippen LogP contribution in [-0.4, -0.2) is 23.6 Å². The van der Waals surface area contributed by atoms with Gasteiger partial charge in [-0.1, -0.05) is 0 Å². The molecule has 0 fully saturated rings. The van der Waals surface area contributed by atoms with Gasteiger partial charge < -0.3 is 5.11 Å². The third-order valence-corrected chi connectivity index (χ3v) is 0.620. The van der Waals surface area contributed by atoms with E-state index in [-0.39, 0.29) is 12.4 Å². The largest absolute Gasteiger partial charge is 0.423 e. The minimum atomic E-state index is -5.63. The molecule has 1 nitrogen and oxygen atoms in total. The molecular formula is C3H3ClF6O. The van der Waals surface area contributed by atoms with E-state index >= 15 is 0 Å². The van der Waals surface area contributed by atoms with Crippen LogP contribution in [0.5, 0.6) is 0 Å². The van der Waals surface area contributed by atoms with Crippen molar-refractivity contribution in [2.24, 2.45) is 0 Å². The van der Waals surface area contributed by atoms with Crippen molar-refractivity contribution in [1.82, 2.24) is 0 Å². The molecule has 70 valence electrons. The van der Waals surface area contributed by atoms with Gasteiger partial charge in [0.1, 0.15) is 0 Å². The van der Waals surface area contributed by atoms with Gasteiger partial charge in [0.05, 0.1) is 0 Å². The lowest BCUT2D eigenvalue weighted by atomic mass is 10.3. The van der Waals surface area contributed by atoms with Gasteiger partial charge in [0.25, 0.3) is 0 Å². The maximum absolute atomic E-state index is 11.0. The summed E-state index contributed by atoms with van der Waals surface area (Å²) >= 11 is 0. The molecule has 0 radical (unpaired) electrons. The molecule has 0 atom stereocenters. The van der Waals surface area contributed by atoms with Crippen molar-refractivity contribution < 1.29 is 31.4 Å². The maximum Gasteiger partial charge on any atom is 0.423 e. The Labute approximate surface area is 63.4 Å². The van der Waals surface area contributed by atoms with E-state index in [0.29, 0.717) is 0 Å². The summed E-state index contributed by atoms with van der Waals surface area (Å²) in [6.45, 7) is 0. The Kier molecular flexibility index (Phi) is 4.25. The zero-order valence-corrected chi connectivity index (χ0v) is 5.52. The van der Waals surface area contributed by atoms with Crippen LogP contribution >= 0.6 is 12.4 Å². The van der Waals surface area contributed by atoms with Crippen molar-refractivity contribution in [3.05, 3.63) is 0 Å². The SMILES string of the molecule is Cl.OC(C(F)(F)F)C(F)(F)F. The standard InChI is InChI=1S/C3H2F6O.ClH/c4-2(5,6)1(10)3(7,8)9;/h1,10H;1H. The highest BCUT2D eigenvalue weighted by Gasteiger charge is 2.55. The van der Waals surface area contributed by atoms with E-state index in [1.807, 2.05) is 0 Å². The van der Waals surface area contributed by atoms with Crippen molar-refractivity contribution in [3.8, 4) is 0 Å². The summed E-state index contributed by atoms with van der Waals surface area (Å²) < 4.78 is 65.9.